The molecule has 4 rings (SSSR count). The van der Waals surface area contributed by atoms with E-state index in [0.717, 1.165) is 16.7 Å². The van der Waals surface area contributed by atoms with Gasteiger partial charge in [-0.25, -0.2) is 19.9 Å². The second-order valence-corrected chi connectivity index (χ2v) is 5.41. The van der Waals surface area contributed by atoms with Crippen molar-refractivity contribution in [1.82, 2.24) is 19.9 Å². The van der Waals surface area contributed by atoms with Crippen LogP contribution in [0.15, 0.2) is 36.8 Å². The molecular formula is C15H11ClN4O. The quantitative estimate of drug-likeness (QED) is 0.737. The molecule has 3 aromatic rings. The van der Waals surface area contributed by atoms with Crippen LogP contribution in [0.1, 0.15) is 24.6 Å². The van der Waals surface area contributed by atoms with Crippen LogP contribution in [0.2, 0.25) is 5.02 Å². The van der Waals surface area contributed by atoms with Crippen LogP contribution in [0.25, 0.3) is 10.9 Å². The van der Waals surface area contributed by atoms with Crippen molar-refractivity contribution >= 4 is 22.5 Å². The van der Waals surface area contributed by atoms with E-state index in [9.17, 15) is 0 Å². The third kappa shape index (κ3) is 2.52. The van der Waals surface area contributed by atoms with Crippen LogP contribution in [0, 0.1) is 0 Å². The van der Waals surface area contributed by atoms with Crippen molar-refractivity contribution in [2.24, 2.45) is 0 Å². The summed E-state index contributed by atoms with van der Waals surface area (Å²) in [5.41, 5.74) is 0.873. The molecule has 0 bridgehead atoms. The van der Waals surface area contributed by atoms with Gasteiger partial charge in [0.15, 0.2) is 0 Å². The predicted octanol–water partition coefficient (Wildman–Crippen LogP) is 3.74. The van der Waals surface area contributed by atoms with E-state index in [0.29, 0.717) is 16.7 Å². The first-order valence-electron chi connectivity index (χ1n) is 6.71. The lowest BCUT2D eigenvalue weighted by atomic mass is 10.2. The normalized spacial score (nSPS) is 14.3. The Morgan fingerprint density at radius 3 is 2.62 bits per heavy atom. The van der Waals surface area contributed by atoms with E-state index in [2.05, 4.69) is 19.9 Å². The molecule has 0 radical (unpaired) electrons. The maximum atomic E-state index is 5.76. The van der Waals surface area contributed by atoms with Crippen LogP contribution >= 0.6 is 11.6 Å². The molecule has 2 heterocycles. The first-order chi connectivity index (χ1) is 10.3. The second-order valence-electron chi connectivity index (χ2n) is 4.98. The van der Waals surface area contributed by atoms with Gasteiger partial charge in [0.1, 0.15) is 11.6 Å². The van der Waals surface area contributed by atoms with Crippen LogP contribution < -0.4 is 4.74 Å². The highest BCUT2D eigenvalue weighted by Gasteiger charge is 2.26. The fourth-order valence-electron chi connectivity index (χ4n) is 2.12. The fourth-order valence-corrected chi connectivity index (χ4v) is 2.22. The van der Waals surface area contributed by atoms with Crippen LogP contribution in [0.4, 0.5) is 0 Å². The van der Waals surface area contributed by atoms with Gasteiger partial charge in [-0.2, -0.15) is 0 Å². The zero-order chi connectivity index (χ0) is 14.2. The Balaban J connectivity index is 1.72. The molecule has 0 unspecified atom stereocenters. The van der Waals surface area contributed by atoms with Gasteiger partial charge in [0, 0.05) is 12.1 Å². The molecule has 6 heteroatoms. The summed E-state index contributed by atoms with van der Waals surface area (Å²) in [5, 5.41) is 1.32. The number of nitrogens with zero attached hydrogens (tertiary/aromatic N) is 4. The van der Waals surface area contributed by atoms with Gasteiger partial charge in [0.25, 0.3) is 0 Å². The summed E-state index contributed by atoms with van der Waals surface area (Å²) < 4.78 is 5.70. The van der Waals surface area contributed by atoms with Crippen LogP contribution in [0.5, 0.6) is 11.8 Å². The van der Waals surface area contributed by atoms with Gasteiger partial charge in [-0.3, -0.25) is 0 Å². The lowest BCUT2D eigenvalue weighted by Crippen LogP contribution is -1.95. The molecule has 0 N–H and O–H groups in total. The number of fused-ring (bicyclic) bond motifs is 1. The van der Waals surface area contributed by atoms with Crippen molar-refractivity contribution in [1.29, 1.82) is 0 Å². The van der Waals surface area contributed by atoms with Crippen molar-refractivity contribution in [3.63, 3.8) is 0 Å². The Bertz CT molecular complexity index is 802. The highest BCUT2D eigenvalue weighted by atomic mass is 35.5. The zero-order valence-corrected chi connectivity index (χ0v) is 11.8. The third-order valence-electron chi connectivity index (χ3n) is 3.34. The molecule has 1 aliphatic rings. The summed E-state index contributed by atoms with van der Waals surface area (Å²) in [5.74, 6) is 2.08. The summed E-state index contributed by atoms with van der Waals surface area (Å²) >= 11 is 5.76. The van der Waals surface area contributed by atoms with Gasteiger partial charge in [0.05, 0.1) is 28.3 Å². The lowest BCUT2D eigenvalue weighted by Gasteiger charge is -2.07. The SMILES string of the molecule is Clc1cnc(Oc2cccc3nc(C4CC4)ncc23)nc1. The molecule has 0 aliphatic heterocycles. The standard InChI is InChI=1S/C15H11ClN4O/c16-10-6-18-15(19-7-10)21-13-3-1-2-12-11(13)8-17-14(20-12)9-4-5-9/h1-3,6-9H,4-5H2. The van der Waals surface area contributed by atoms with Crippen molar-refractivity contribution < 1.29 is 4.74 Å². The molecule has 2 aromatic heterocycles. The van der Waals surface area contributed by atoms with E-state index in [1.165, 1.54) is 25.2 Å². The number of hydrogen-bond donors (Lipinski definition) is 0. The molecule has 1 aliphatic carbocycles. The molecule has 1 aromatic carbocycles. The monoisotopic (exact) mass is 298 g/mol. The first kappa shape index (κ1) is 12.5. The fraction of sp³-hybridized carbons (Fsp3) is 0.200. The highest BCUT2D eigenvalue weighted by molar-refractivity contribution is 6.30. The molecule has 0 saturated heterocycles. The van der Waals surface area contributed by atoms with E-state index in [-0.39, 0.29) is 6.01 Å². The molecule has 1 saturated carbocycles. The van der Waals surface area contributed by atoms with Gasteiger partial charge in [-0.15, -0.1) is 0 Å². The van der Waals surface area contributed by atoms with Gasteiger partial charge in [-0.1, -0.05) is 17.7 Å². The summed E-state index contributed by atoms with van der Waals surface area (Å²) in [6, 6.07) is 5.95. The predicted molar refractivity (Wildman–Crippen MR) is 78.6 cm³/mol. The molecule has 21 heavy (non-hydrogen) atoms. The van der Waals surface area contributed by atoms with Crippen molar-refractivity contribution in [3.8, 4) is 11.8 Å². The minimum atomic E-state index is 0.248. The summed E-state index contributed by atoms with van der Waals surface area (Å²) in [6.45, 7) is 0. The third-order valence-corrected chi connectivity index (χ3v) is 3.54. The molecular weight excluding hydrogens is 288 g/mol. The smallest absolute Gasteiger partial charge is 0.321 e. The van der Waals surface area contributed by atoms with Crippen LogP contribution in [0.3, 0.4) is 0 Å². The largest absolute Gasteiger partial charge is 0.424 e. The van der Waals surface area contributed by atoms with E-state index < -0.39 is 0 Å². The van der Waals surface area contributed by atoms with Gasteiger partial charge < -0.3 is 4.74 Å². The van der Waals surface area contributed by atoms with Gasteiger partial charge >= 0.3 is 6.01 Å². The molecule has 104 valence electrons. The second kappa shape index (κ2) is 4.93. The zero-order valence-electron chi connectivity index (χ0n) is 11.0. The van der Waals surface area contributed by atoms with E-state index in [1.54, 1.807) is 6.20 Å². The Kier molecular flexibility index (Phi) is 2.93. The number of hydrogen-bond acceptors (Lipinski definition) is 5. The molecule has 1 fully saturated rings. The highest BCUT2D eigenvalue weighted by Crippen LogP contribution is 2.38. The van der Waals surface area contributed by atoms with E-state index >= 15 is 0 Å². The topological polar surface area (TPSA) is 60.8 Å². The van der Waals surface area contributed by atoms with Crippen LogP contribution in [-0.2, 0) is 0 Å². The molecule has 5 nitrogen and oxygen atoms in total. The van der Waals surface area contributed by atoms with E-state index in [4.69, 9.17) is 16.3 Å². The van der Waals surface area contributed by atoms with Gasteiger partial charge in [-0.05, 0) is 25.0 Å². The number of rotatable bonds is 3. The molecule has 0 amide bonds. The molecule has 0 atom stereocenters. The maximum Gasteiger partial charge on any atom is 0.321 e. The lowest BCUT2D eigenvalue weighted by molar-refractivity contribution is 0.446. The Hall–Kier alpha value is -2.27. The van der Waals surface area contributed by atoms with Crippen LogP contribution in [-0.4, -0.2) is 19.9 Å². The van der Waals surface area contributed by atoms with Crippen molar-refractivity contribution in [2.45, 2.75) is 18.8 Å². The minimum absolute atomic E-state index is 0.248. The Morgan fingerprint density at radius 2 is 1.86 bits per heavy atom. The minimum Gasteiger partial charge on any atom is -0.424 e. The summed E-state index contributed by atoms with van der Waals surface area (Å²) in [6.07, 6.45) is 7.16. The first-order valence-corrected chi connectivity index (χ1v) is 7.08. The molecule has 0 spiro atoms. The number of ether oxygens (including phenoxy) is 1. The maximum absolute atomic E-state index is 5.76. The van der Waals surface area contributed by atoms with Crippen molar-refractivity contribution in [2.75, 3.05) is 0 Å². The van der Waals surface area contributed by atoms with Gasteiger partial charge in [0.2, 0.25) is 0 Å². The van der Waals surface area contributed by atoms with E-state index in [1.807, 2.05) is 18.2 Å². The number of aromatic nitrogens is 4. The summed E-state index contributed by atoms with van der Waals surface area (Å²) in [4.78, 5) is 17.1. The Labute approximate surface area is 126 Å². The average molecular weight is 299 g/mol. The van der Waals surface area contributed by atoms with Crippen molar-refractivity contribution in [3.05, 3.63) is 47.6 Å². The Morgan fingerprint density at radius 1 is 1.05 bits per heavy atom. The average Bonchev–Trinajstić information content (AvgIpc) is 3.34. The summed E-state index contributed by atoms with van der Waals surface area (Å²) in [7, 11) is 0. The number of halogens is 1. The number of benzene rings is 1.